The van der Waals surface area contributed by atoms with E-state index in [2.05, 4.69) is 15.3 Å². The van der Waals surface area contributed by atoms with E-state index in [1.165, 1.54) is 6.33 Å². The van der Waals surface area contributed by atoms with E-state index in [9.17, 15) is 14.7 Å². The van der Waals surface area contributed by atoms with Crippen molar-refractivity contribution >= 4 is 17.4 Å². The first-order valence-electron chi connectivity index (χ1n) is 4.20. The predicted octanol–water partition coefficient (Wildman–Crippen LogP) is -0.714. The minimum atomic E-state index is -0.869. The average molecular weight is 221 g/mol. The maximum atomic E-state index is 11.7. The molecule has 2 aromatic heterocycles. The number of amides is 2. The molecule has 0 saturated carbocycles. The Morgan fingerprint density at radius 3 is 2.94 bits per heavy atom. The first kappa shape index (κ1) is 9.90. The molecule has 4 N–H and O–H groups in total. The number of hydrogen-bond donors (Lipinski definition) is 3. The first-order chi connectivity index (χ1) is 7.59. The van der Waals surface area contributed by atoms with E-state index in [1.807, 2.05) is 0 Å². The van der Waals surface area contributed by atoms with Crippen LogP contribution in [0, 0.1) is 0 Å². The van der Waals surface area contributed by atoms with E-state index >= 15 is 0 Å². The van der Waals surface area contributed by atoms with Crippen molar-refractivity contribution in [3.63, 3.8) is 0 Å². The smallest absolute Gasteiger partial charge is 0.316 e. The molecule has 8 nitrogen and oxygen atoms in total. The summed E-state index contributed by atoms with van der Waals surface area (Å²) in [6.45, 7) is 0. The maximum Gasteiger partial charge on any atom is 0.316 e. The topological polar surface area (TPSA) is 123 Å². The van der Waals surface area contributed by atoms with Crippen molar-refractivity contribution in [2.24, 2.45) is 5.73 Å². The summed E-state index contributed by atoms with van der Waals surface area (Å²) in [7, 11) is 0. The van der Waals surface area contributed by atoms with Crippen molar-refractivity contribution in [3.05, 3.63) is 29.1 Å². The lowest BCUT2D eigenvalue weighted by molar-refractivity contribution is 0.259. The van der Waals surface area contributed by atoms with E-state index in [-0.39, 0.29) is 17.1 Å². The van der Waals surface area contributed by atoms with E-state index in [0.717, 1.165) is 16.8 Å². The molecule has 0 radical (unpaired) electrons. The number of urea groups is 1. The van der Waals surface area contributed by atoms with Gasteiger partial charge in [0.1, 0.15) is 12.0 Å². The van der Waals surface area contributed by atoms with Crippen LogP contribution in [0.3, 0.4) is 0 Å². The highest BCUT2D eigenvalue weighted by Crippen LogP contribution is 2.12. The molecule has 2 amide bonds. The fraction of sp³-hybridized carbons (Fsp3) is 0. The number of anilines is 1. The third-order valence-electron chi connectivity index (χ3n) is 1.86. The number of carbonyl (C=O) groups excluding carboxylic acids is 1. The number of fused-ring (bicyclic) bond motifs is 1. The molecule has 0 fully saturated rings. The number of aromatic hydroxyl groups is 1. The van der Waals surface area contributed by atoms with Gasteiger partial charge in [-0.2, -0.15) is 0 Å². The molecule has 16 heavy (non-hydrogen) atoms. The van der Waals surface area contributed by atoms with Gasteiger partial charge in [-0.3, -0.25) is 4.79 Å². The van der Waals surface area contributed by atoms with E-state index < -0.39 is 11.6 Å². The summed E-state index contributed by atoms with van der Waals surface area (Å²) in [5, 5.41) is 11.5. The minimum absolute atomic E-state index is 0.0509. The van der Waals surface area contributed by atoms with Crippen LogP contribution in [0.15, 0.2) is 23.5 Å². The molecule has 8 heteroatoms. The molecule has 0 saturated heterocycles. The van der Waals surface area contributed by atoms with Gasteiger partial charge in [0.15, 0.2) is 11.4 Å². The predicted molar refractivity (Wildman–Crippen MR) is 54.1 cm³/mol. The lowest BCUT2D eigenvalue weighted by atomic mass is 10.4. The van der Waals surface area contributed by atoms with E-state index in [0.29, 0.717) is 0 Å². The average Bonchev–Trinajstić information content (AvgIpc) is 2.23. The Bertz CT molecular complexity index is 621. The SMILES string of the molecule is NC(=O)Nc1cnc2c(O)cncn2c1=O. The van der Waals surface area contributed by atoms with Crippen molar-refractivity contribution in [1.29, 1.82) is 0 Å². The van der Waals surface area contributed by atoms with Gasteiger partial charge in [-0.15, -0.1) is 0 Å². The number of aromatic nitrogens is 3. The second-order valence-corrected chi connectivity index (χ2v) is 2.94. The van der Waals surface area contributed by atoms with E-state index in [4.69, 9.17) is 5.73 Å². The molecule has 0 aromatic carbocycles. The highest BCUT2D eigenvalue weighted by Gasteiger charge is 2.08. The second-order valence-electron chi connectivity index (χ2n) is 2.94. The number of nitrogens with two attached hydrogens (primary N) is 1. The van der Waals surface area contributed by atoms with Gasteiger partial charge in [-0.05, 0) is 0 Å². The van der Waals surface area contributed by atoms with Crippen LogP contribution in [0.2, 0.25) is 0 Å². The van der Waals surface area contributed by atoms with Gasteiger partial charge in [0, 0.05) is 0 Å². The van der Waals surface area contributed by atoms with Crippen LogP contribution in [-0.2, 0) is 0 Å². The highest BCUT2D eigenvalue weighted by atomic mass is 16.3. The van der Waals surface area contributed by atoms with Crippen LogP contribution in [-0.4, -0.2) is 25.5 Å². The van der Waals surface area contributed by atoms with Crippen LogP contribution < -0.4 is 16.6 Å². The summed E-state index contributed by atoms with van der Waals surface area (Å²) < 4.78 is 1.00. The molecule has 82 valence electrons. The zero-order valence-corrected chi connectivity index (χ0v) is 7.91. The largest absolute Gasteiger partial charge is 0.503 e. The minimum Gasteiger partial charge on any atom is -0.503 e. The quantitative estimate of drug-likeness (QED) is 0.586. The summed E-state index contributed by atoms with van der Waals surface area (Å²) >= 11 is 0. The second kappa shape index (κ2) is 3.50. The number of carbonyl (C=O) groups is 1. The van der Waals surface area contributed by atoms with Gasteiger partial charge in [-0.25, -0.2) is 19.2 Å². The molecular weight excluding hydrogens is 214 g/mol. The number of nitrogens with zero attached hydrogens (tertiary/aromatic N) is 3. The summed E-state index contributed by atoms with van der Waals surface area (Å²) in [4.78, 5) is 29.7. The van der Waals surface area contributed by atoms with Gasteiger partial charge in [0.25, 0.3) is 5.56 Å². The van der Waals surface area contributed by atoms with Crippen LogP contribution in [0.1, 0.15) is 0 Å². The van der Waals surface area contributed by atoms with Crippen molar-refractivity contribution in [3.8, 4) is 5.75 Å². The lowest BCUT2D eigenvalue weighted by Gasteiger charge is -2.04. The molecule has 0 atom stereocenters. The molecule has 2 rings (SSSR count). The molecular formula is C8H7N5O3. The van der Waals surface area contributed by atoms with Crippen molar-refractivity contribution in [2.75, 3.05) is 5.32 Å². The fourth-order valence-electron chi connectivity index (χ4n) is 1.21. The van der Waals surface area contributed by atoms with Crippen LogP contribution in [0.25, 0.3) is 5.65 Å². The Hall–Kier alpha value is -2.64. The summed E-state index contributed by atoms with van der Waals surface area (Å²) in [6, 6.07) is -0.869. The van der Waals surface area contributed by atoms with Crippen molar-refractivity contribution in [2.45, 2.75) is 0 Å². The van der Waals surface area contributed by atoms with Crippen LogP contribution in [0.4, 0.5) is 10.5 Å². The van der Waals surface area contributed by atoms with Gasteiger partial charge in [0.05, 0.1) is 12.4 Å². The fourth-order valence-corrected chi connectivity index (χ4v) is 1.21. The van der Waals surface area contributed by atoms with Crippen LogP contribution in [0.5, 0.6) is 5.75 Å². The third kappa shape index (κ3) is 1.52. The Kier molecular flexibility index (Phi) is 2.16. The number of nitrogens with one attached hydrogen (secondary N) is 1. The molecule has 0 aliphatic heterocycles. The molecule has 0 aliphatic carbocycles. The van der Waals surface area contributed by atoms with Gasteiger partial charge < -0.3 is 16.2 Å². The molecule has 0 aliphatic rings. The van der Waals surface area contributed by atoms with Gasteiger partial charge in [-0.1, -0.05) is 0 Å². The molecule has 0 unspecified atom stereocenters. The Balaban J connectivity index is 2.71. The zero-order valence-electron chi connectivity index (χ0n) is 7.91. The van der Waals surface area contributed by atoms with Gasteiger partial charge in [0.2, 0.25) is 0 Å². The molecule has 2 aromatic rings. The third-order valence-corrected chi connectivity index (χ3v) is 1.86. The standard InChI is InChI=1S/C8H7N5O3/c9-8(16)12-4-1-11-6-5(14)2-10-3-13(6)7(4)15/h1-3,14H,(H3,9,12,16). The zero-order chi connectivity index (χ0) is 11.7. The Labute approximate surface area is 88.4 Å². The summed E-state index contributed by atoms with van der Waals surface area (Å²) in [6.07, 6.45) is 3.45. The molecule has 0 spiro atoms. The first-order valence-corrected chi connectivity index (χ1v) is 4.20. The van der Waals surface area contributed by atoms with Crippen LogP contribution >= 0.6 is 0 Å². The van der Waals surface area contributed by atoms with E-state index in [1.54, 1.807) is 0 Å². The van der Waals surface area contributed by atoms with Crippen molar-refractivity contribution < 1.29 is 9.90 Å². The molecule has 2 heterocycles. The number of hydrogen-bond acceptors (Lipinski definition) is 5. The molecule has 0 bridgehead atoms. The highest BCUT2D eigenvalue weighted by molar-refractivity contribution is 5.87. The Morgan fingerprint density at radius 1 is 1.50 bits per heavy atom. The monoisotopic (exact) mass is 221 g/mol. The van der Waals surface area contributed by atoms with Gasteiger partial charge >= 0.3 is 6.03 Å². The Morgan fingerprint density at radius 2 is 2.25 bits per heavy atom. The number of primary amides is 1. The summed E-state index contributed by atoms with van der Waals surface area (Å²) in [5.74, 6) is -0.231. The number of rotatable bonds is 1. The maximum absolute atomic E-state index is 11.7. The lowest BCUT2D eigenvalue weighted by Crippen LogP contribution is -2.26. The summed E-state index contributed by atoms with van der Waals surface area (Å²) in [5.41, 5.74) is 4.26. The van der Waals surface area contributed by atoms with Crippen molar-refractivity contribution in [1.82, 2.24) is 14.4 Å². The normalized spacial score (nSPS) is 10.2.